The minimum absolute atomic E-state index is 0.0758. The molecule has 1 N–H and O–H groups in total. The first-order valence-corrected chi connectivity index (χ1v) is 12.1. The average Bonchev–Trinajstić information content (AvgIpc) is 3.65. The quantitative estimate of drug-likeness (QED) is 0.695. The zero-order valence-corrected chi connectivity index (χ0v) is 19.1. The Balaban J connectivity index is 1.56. The molecule has 8 heteroatoms. The molecule has 1 aliphatic carbocycles. The van der Waals surface area contributed by atoms with Crippen LogP contribution in [0.2, 0.25) is 0 Å². The van der Waals surface area contributed by atoms with Crippen LogP contribution in [0.3, 0.4) is 0 Å². The van der Waals surface area contributed by atoms with E-state index in [4.69, 9.17) is 14.5 Å². The second-order valence-electron chi connectivity index (χ2n) is 8.93. The van der Waals surface area contributed by atoms with Crippen molar-refractivity contribution >= 4 is 22.8 Å². The second kappa shape index (κ2) is 9.16. The van der Waals surface area contributed by atoms with Crippen LogP contribution in [-0.4, -0.2) is 42.8 Å². The number of aliphatic imine (C=N–C) groups is 1. The molecule has 4 unspecified atom stereocenters. The molecule has 2 aliphatic heterocycles. The molecule has 1 amide bonds. The van der Waals surface area contributed by atoms with E-state index in [1.807, 2.05) is 6.07 Å². The van der Waals surface area contributed by atoms with Crippen molar-refractivity contribution in [2.45, 2.75) is 36.2 Å². The van der Waals surface area contributed by atoms with Gasteiger partial charge in [-0.2, -0.15) is 0 Å². The predicted octanol–water partition coefficient (Wildman–Crippen LogP) is 4.52. The third-order valence-corrected chi connectivity index (χ3v) is 7.95. The van der Waals surface area contributed by atoms with E-state index in [9.17, 15) is 9.18 Å². The van der Waals surface area contributed by atoms with Crippen LogP contribution in [0.15, 0.2) is 53.5 Å². The normalized spacial score (nSPS) is 29.2. The Hall–Kier alpha value is -2.29. The molecule has 1 saturated carbocycles. The van der Waals surface area contributed by atoms with Crippen LogP contribution in [0.1, 0.15) is 35.2 Å². The third kappa shape index (κ3) is 4.44. The number of benzene rings is 2. The van der Waals surface area contributed by atoms with Crippen molar-refractivity contribution in [3.8, 4) is 0 Å². The first-order chi connectivity index (χ1) is 16.0. The topological polar surface area (TPSA) is 59.9 Å². The van der Waals surface area contributed by atoms with Gasteiger partial charge in [-0.3, -0.25) is 4.79 Å². The van der Waals surface area contributed by atoms with Gasteiger partial charge in [-0.15, -0.1) is 0 Å². The lowest BCUT2D eigenvalue weighted by atomic mass is 9.71. The molecule has 0 radical (unpaired) electrons. The van der Waals surface area contributed by atoms with Gasteiger partial charge in [0.15, 0.2) is 5.17 Å². The largest absolute Gasteiger partial charge is 0.384 e. The molecular formula is C25H26F2N2O3S. The Morgan fingerprint density at radius 2 is 2.03 bits per heavy atom. The van der Waals surface area contributed by atoms with Crippen LogP contribution in [-0.2, 0) is 15.0 Å². The first kappa shape index (κ1) is 22.5. The van der Waals surface area contributed by atoms with Gasteiger partial charge in [0.1, 0.15) is 17.2 Å². The summed E-state index contributed by atoms with van der Waals surface area (Å²) in [5, 5.41) is 3.21. The predicted molar refractivity (Wildman–Crippen MR) is 123 cm³/mol. The number of carbonyl (C=O) groups is 1. The lowest BCUT2D eigenvalue weighted by Gasteiger charge is -2.50. The van der Waals surface area contributed by atoms with Crippen molar-refractivity contribution in [2.75, 3.05) is 20.3 Å². The lowest BCUT2D eigenvalue weighted by Crippen LogP contribution is -2.55. The molecule has 0 bridgehead atoms. The first-order valence-electron chi connectivity index (χ1n) is 11.2. The van der Waals surface area contributed by atoms with Gasteiger partial charge in [0.25, 0.3) is 5.91 Å². The molecule has 5 rings (SSSR count). The van der Waals surface area contributed by atoms with Gasteiger partial charge in [-0.1, -0.05) is 36.0 Å². The molecule has 0 spiro atoms. The summed E-state index contributed by atoms with van der Waals surface area (Å²) in [6, 6.07) is 12.5. The maximum atomic E-state index is 15.1. The standard InChI is InChI=1S/C25H26F2N2O3S/c1-31-13-22-19-12-21(15-7-8-15)32-14-25(19,18-10-9-17(26)11-20(18)27)29-24(33-22)28-23(30)16-5-3-2-4-6-16/h2-6,9-11,15,19,21-22H,7-8,12-14H2,1H3,(H,28,29,30). The monoisotopic (exact) mass is 472 g/mol. The van der Waals surface area contributed by atoms with Crippen molar-refractivity contribution in [2.24, 2.45) is 16.8 Å². The number of amides is 1. The van der Waals surface area contributed by atoms with Crippen LogP contribution in [0, 0.1) is 23.5 Å². The Morgan fingerprint density at radius 3 is 2.73 bits per heavy atom. The second-order valence-corrected chi connectivity index (χ2v) is 10.2. The number of amidine groups is 1. The third-order valence-electron chi connectivity index (χ3n) is 6.76. The minimum atomic E-state index is -1.07. The summed E-state index contributed by atoms with van der Waals surface area (Å²) in [6.45, 7) is 0.588. The number of thioether (sulfide) groups is 1. The van der Waals surface area contributed by atoms with E-state index in [0.29, 0.717) is 29.7 Å². The van der Waals surface area contributed by atoms with E-state index in [1.165, 1.54) is 23.9 Å². The summed E-state index contributed by atoms with van der Waals surface area (Å²) < 4.78 is 40.7. The Morgan fingerprint density at radius 1 is 1.24 bits per heavy atom. The van der Waals surface area contributed by atoms with Crippen LogP contribution >= 0.6 is 11.8 Å². The number of ether oxygens (including phenoxy) is 2. The van der Waals surface area contributed by atoms with E-state index in [2.05, 4.69) is 5.32 Å². The molecule has 5 nitrogen and oxygen atoms in total. The zero-order chi connectivity index (χ0) is 23.0. The molecule has 4 atom stereocenters. The summed E-state index contributed by atoms with van der Waals surface area (Å²) in [4.78, 5) is 17.8. The SMILES string of the molecule is COCC1SC(NC(=O)c2ccccc2)=NC2(c3ccc(F)cc3F)COC(C3CC3)CC12. The number of carbonyl (C=O) groups excluding carboxylic acids is 1. The Bertz CT molecular complexity index is 1060. The molecule has 1 saturated heterocycles. The van der Waals surface area contributed by atoms with E-state index in [0.717, 1.165) is 18.9 Å². The number of fused-ring (bicyclic) bond motifs is 1. The minimum Gasteiger partial charge on any atom is -0.384 e. The van der Waals surface area contributed by atoms with E-state index in [1.54, 1.807) is 31.4 Å². The molecular weight excluding hydrogens is 446 g/mol. The highest BCUT2D eigenvalue weighted by Gasteiger charge is 2.55. The van der Waals surface area contributed by atoms with Crippen LogP contribution < -0.4 is 5.32 Å². The van der Waals surface area contributed by atoms with E-state index in [-0.39, 0.29) is 35.3 Å². The van der Waals surface area contributed by atoms with E-state index < -0.39 is 17.2 Å². The molecule has 2 fully saturated rings. The van der Waals surface area contributed by atoms with Crippen LogP contribution in [0.25, 0.3) is 0 Å². The molecule has 174 valence electrons. The zero-order valence-electron chi connectivity index (χ0n) is 18.3. The smallest absolute Gasteiger partial charge is 0.257 e. The highest BCUT2D eigenvalue weighted by Crippen LogP contribution is 2.53. The van der Waals surface area contributed by atoms with Gasteiger partial charge in [0.2, 0.25) is 0 Å². The van der Waals surface area contributed by atoms with Crippen molar-refractivity contribution in [3.05, 3.63) is 71.3 Å². The maximum Gasteiger partial charge on any atom is 0.257 e. The van der Waals surface area contributed by atoms with Crippen LogP contribution in [0.5, 0.6) is 0 Å². The number of hydrogen-bond acceptors (Lipinski definition) is 5. The van der Waals surface area contributed by atoms with Crippen LogP contribution in [0.4, 0.5) is 8.78 Å². The molecule has 2 aromatic rings. The number of methoxy groups -OCH3 is 1. The van der Waals surface area contributed by atoms with Gasteiger partial charge in [0.05, 0.1) is 19.3 Å². The number of nitrogens with zero attached hydrogens (tertiary/aromatic N) is 1. The fourth-order valence-electron chi connectivity index (χ4n) is 4.97. The fraction of sp³-hybridized carbons (Fsp3) is 0.440. The molecule has 33 heavy (non-hydrogen) atoms. The summed E-state index contributed by atoms with van der Waals surface area (Å²) in [5.41, 5.74) is -0.283. The maximum absolute atomic E-state index is 15.1. The fourth-order valence-corrected chi connectivity index (χ4v) is 6.33. The summed E-state index contributed by atoms with van der Waals surface area (Å²) in [5.74, 6) is -1.15. The summed E-state index contributed by atoms with van der Waals surface area (Å²) in [6.07, 6.45) is 3.09. The lowest BCUT2D eigenvalue weighted by molar-refractivity contribution is -0.0760. The average molecular weight is 473 g/mol. The molecule has 3 aliphatic rings. The highest BCUT2D eigenvalue weighted by molar-refractivity contribution is 8.14. The Kier molecular flexibility index (Phi) is 6.24. The molecule has 2 aromatic carbocycles. The summed E-state index contributed by atoms with van der Waals surface area (Å²) >= 11 is 1.44. The van der Waals surface area contributed by atoms with Gasteiger partial charge in [0, 0.05) is 35.5 Å². The highest BCUT2D eigenvalue weighted by atomic mass is 32.2. The van der Waals surface area contributed by atoms with Crippen molar-refractivity contribution in [3.63, 3.8) is 0 Å². The number of hydrogen-bond donors (Lipinski definition) is 1. The van der Waals surface area contributed by atoms with Crippen molar-refractivity contribution < 1.29 is 23.0 Å². The molecule has 2 heterocycles. The van der Waals surface area contributed by atoms with Crippen molar-refractivity contribution in [1.29, 1.82) is 0 Å². The van der Waals surface area contributed by atoms with Gasteiger partial charge < -0.3 is 14.8 Å². The molecule has 0 aromatic heterocycles. The summed E-state index contributed by atoms with van der Waals surface area (Å²) in [7, 11) is 1.63. The number of halogens is 2. The van der Waals surface area contributed by atoms with Gasteiger partial charge in [-0.25, -0.2) is 13.8 Å². The van der Waals surface area contributed by atoms with Gasteiger partial charge >= 0.3 is 0 Å². The Labute approximate surface area is 196 Å². The van der Waals surface area contributed by atoms with Gasteiger partial charge in [-0.05, 0) is 43.4 Å². The van der Waals surface area contributed by atoms with E-state index >= 15 is 4.39 Å². The number of nitrogens with one attached hydrogen (secondary N) is 1. The van der Waals surface area contributed by atoms with Crippen molar-refractivity contribution in [1.82, 2.24) is 5.32 Å². The number of rotatable bonds is 5.